The maximum absolute atomic E-state index is 5.52. The molecule has 0 fully saturated rings. The van der Waals surface area contributed by atoms with E-state index in [-0.39, 0.29) is 0 Å². The van der Waals surface area contributed by atoms with Gasteiger partial charge in [-0.1, -0.05) is 6.92 Å². The summed E-state index contributed by atoms with van der Waals surface area (Å²) in [7, 11) is 1.88. The molecule has 0 aromatic carbocycles. The van der Waals surface area contributed by atoms with Crippen LogP contribution in [0.5, 0.6) is 0 Å². The van der Waals surface area contributed by atoms with E-state index in [0.717, 1.165) is 28.8 Å². The lowest BCUT2D eigenvalue weighted by Gasteiger charge is -1.93. The fourth-order valence-electron chi connectivity index (χ4n) is 1.32. The maximum atomic E-state index is 5.52. The highest BCUT2D eigenvalue weighted by Crippen LogP contribution is 2.19. The molecule has 2 rings (SSSR count). The number of hydrogen-bond acceptors (Lipinski definition) is 5. The normalized spacial score (nSPS) is 10.9. The third-order valence-electron chi connectivity index (χ3n) is 2.08. The first-order chi connectivity index (χ1) is 7.24. The van der Waals surface area contributed by atoms with Crippen LogP contribution in [0.4, 0.5) is 0 Å². The summed E-state index contributed by atoms with van der Waals surface area (Å²) in [6.45, 7) is 2.51. The van der Waals surface area contributed by atoms with Crippen LogP contribution in [-0.2, 0) is 20.0 Å². The molecule has 6 heteroatoms. The number of aromatic nitrogens is 4. The summed E-state index contributed by atoms with van der Waals surface area (Å²) in [6.07, 6.45) is 0.835. The molecule has 2 aromatic rings. The first kappa shape index (κ1) is 10.3. The molecule has 0 radical (unpaired) electrons. The third-order valence-corrected chi connectivity index (χ3v) is 2.95. The summed E-state index contributed by atoms with van der Waals surface area (Å²) in [6, 6.07) is 0. The molecule has 0 bridgehead atoms. The minimum atomic E-state index is 0.475. The van der Waals surface area contributed by atoms with Crippen LogP contribution in [0, 0.1) is 0 Å². The molecule has 0 atom stereocenters. The average molecular weight is 223 g/mol. The van der Waals surface area contributed by atoms with Crippen LogP contribution >= 0.6 is 11.3 Å². The van der Waals surface area contributed by atoms with Crippen LogP contribution in [0.25, 0.3) is 11.5 Å². The van der Waals surface area contributed by atoms with Crippen molar-refractivity contribution in [3.8, 4) is 11.5 Å². The number of aryl methyl sites for hydroxylation is 2. The Hall–Kier alpha value is -1.27. The number of nitrogens with zero attached hydrogens (tertiary/aromatic N) is 4. The maximum Gasteiger partial charge on any atom is 0.177 e. The predicted molar refractivity (Wildman–Crippen MR) is 59.4 cm³/mol. The van der Waals surface area contributed by atoms with E-state index in [9.17, 15) is 0 Å². The quantitative estimate of drug-likeness (QED) is 0.841. The third kappa shape index (κ3) is 1.91. The van der Waals surface area contributed by atoms with Gasteiger partial charge in [-0.15, -0.1) is 11.3 Å². The van der Waals surface area contributed by atoms with Crippen molar-refractivity contribution in [1.29, 1.82) is 0 Å². The van der Waals surface area contributed by atoms with Crippen LogP contribution in [-0.4, -0.2) is 19.7 Å². The van der Waals surface area contributed by atoms with Crippen molar-refractivity contribution < 1.29 is 0 Å². The van der Waals surface area contributed by atoms with Crippen molar-refractivity contribution in [2.24, 2.45) is 12.8 Å². The summed E-state index contributed by atoms with van der Waals surface area (Å²) in [5, 5.41) is 7.17. The summed E-state index contributed by atoms with van der Waals surface area (Å²) in [5.41, 5.74) is 6.37. The molecule has 5 nitrogen and oxygen atoms in total. The molecule has 0 saturated heterocycles. The smallest absolute Gasteiger partial charge is 0.177 e. The lowest BCUT2D eigenvalue weighted by molar-refractivity contribution is 0.751. The van der Waals surface area contributed by atoms with Gasteiger partial charge in [-0.2, -0.15) is 5.10 Å². The van der Waals surface area contributed by atoms with Crippen molar-refractivity contribution in [2.75, 3.05) is 0 Å². The second-order valence-electron chi connectivity index (χ2n) is 3.16. The molecular weight excluding hydrogens is 210 g/mol. The molecule has 15 heavy (non-hydrogen) atoms. The van der Waals surface area contributed by atoms with Crippen molar-refractivity contribution in [3.05, 3.63) is 16.2 Å². The first-order valence-electron chi connectivity index (χ1n) is 4.79. The van der Waals surface area contributed by atoms with Crippen LogP contribution in [0.15, 0.2) is 5.38 Å². The van der Waals surface area contributed by atoms with E-state index >= 15 is 0 Å². The number of nitrogens with two attached hydrogens (primary N) is 1. The molecular formula is C9H13N5S. The number of thiazole rings is 1. The van der Waals surface area contributed by atoms with Gasteiger partial charge in [-0.3, -0.25) is 0 Å². The molecule has 2 heterocycles. The lowest BCUT2D eigenvalue weighted by atomic mass is 10.4. The minimum Gasteiger partial charge on any atom is -0.325 e. The Morgan fingerprint density at radius 1 is 1.47 bits per heavy atom. The monoisotopic (exact) mass is 223 g/mol. The Kier molecular flexibility index (Phi) is 2.79. The Morgan fingerprint density at radius 3 is 2.80 bits per heavy atom. The fraction of sp³-hybridized carbons (Fsp3) is 0.444. The van der Waals surface area contributed by atoms with Gasteiger partial charge in [0.1, 0.15) is 10.7 Å². The Bertz CT molecular complexity index is 459. The van der Waals surface area contributed by atoms with E-state index in [0.29, 0.717) is 6.54 Å². The summed E-state index contributed by atoms with van der Waals surface area (Å²) < 4.78 is 1.76. The van der Waals surface area contributed by atoms with Crippen molar-refractivity contribution in [1.82, 2.24) is 19.7 Å². The van der Waals surface area contributed by atoms with Gasteiger partial charge in [0, 0.05) is 25.4 Å². The Balaban J connectivity index is 2.39. The Morgan fingerprint density at radius 2 is 2.27 bits per heavy atom. The van der Waals surface area contributed by atoms with E-state index in [1.165, 1.54) is 0 Å². The molecule has 0 spiro atoms. The van der Waals surface area contributed by atoms with Crippen molar-refractivity contribution in [3.63, 3.8) is 0 Å². The Labute approximate surface area is 92.0 Å². The fourth-order valence-corrected chi connectivity index (χ4v) is 1.97. The molecule has 0 saturated carbocycles. The molecule has 0 amide bonds. The molecule has 0 aliphatic carbocycles. The van der Waals surface area contributed by atoms with Gasteiger partial charge in [-0.25, -0.2) is 14.6 Å². The second kappa shape index (κ2) is 4.08. The van der Waals surface area contributed by atoms with Gasteiger partial charge >= 0.3 is 0 Å². The van der Waals surface area contributed by atoms with Gasteiger partial charge < -0.3 is 5.73 Å². The topological polar surface area (TPSA) is 69.6 Å². The molecule has 0 aliphatic heterocycles. The molecule has 0 aliphatic rings. The average Bonchev–Trinajstić information content (AvgIpc) is 2.83. The minimum absolute atomic E-state index is 0.475. The molecule has 2 aromatic heterocycles. The molecule has 0 unspecified atom stereocenters. The predicted octanol–water partition coefficient (Wildman–Crippen LogP) is 0.960. The van der Waals surface area contributed by atoms with E-state index in [4.69, 9.17) is 5.73 Å². The summed E-state index contributed by atoms with van der Waals surface area (Å²) in [5.74, 6) is 1.65. The van der Waals surface area contributed by atoms with Gasteiger partial charge in [0.25, 0.3) is 0 Å². The number of rotatable bonds is 3. The first-order valence-corrected chi connectivity index (χ1v) is 5.67. The lowest BCUT2D eigenvalue weighted by Crippen LogP contribution is -1.97. The van der Waals surface area contributed by atoms with Crippen molar-refractivity contribution in [2.45, 2.75) is 19.9 Å². The van der Waals surface area contributed by atoms with Gasteiger partial charge in [0.15, 0.2) is 11.6 Å². The summed E-state index contributed by atoms with van der Waals surface area (Å²) >= 11 is 1.55. The van der Waals surface area contributed by atoms with Gasteiger partial charge in [0.2, 0.25) is 0 Å². The zero-order valence-corrected chi connectivity index (χ0v) is 9.58. The molecule has 2 N–H and O–H groups in total. The zero-order valence-electron chi connectivity index (χ0n) is 8.77. The SMILES string of the molecule is CCc1nc(-c2csc(CN)n2)n(C)n1. The standard InChI is InChI=1S/C9H13N5S/c1-3-7-12-9(14(2)13-7)6-5-15-8(4-10)11-6/h5H,3-4,10H2,1-2H3. The van der Waals surface area contributed by atoms with Crippen LogP contribution in [0.3, 0.4) is 0 Å². The zero-order chi connectivity index (χ0) is 10.8. The van der Waals surface area contributed by atoms with E-state index in [1.807, 2.05) is 19.4 Å². The van der Waals surface area contributed by atoms with Crippen LogP contribution in [0.2, 0.25) is 0 Å². The van der Waals surface area contributed by atoms with Crippen LogP contribution in [0.1, 0.15) is 17.8 Å². The second-order valence-corrected chi connectivity index (χ2v) is 4.10. The highest BCUT2D eigenvalue weighted by Gasteiger charge is 2.11. The summed E-state index contributed by atoms with van der Waals surface area (Å²) in [4.78, 5) is 8.78. The van der Waals surface area contributed by atoms with Crippen LogP contribution < -0.4 is 5.73 Å². The van der Waals surface area contributed by atoms with E-state index in [2.05, 4.69) is 15.1 Å². The van der Waals surface area contributed by atoms with E-state index < -0.39 is 0 Å². The highest BCUT2D eigenvalue weighted by molar-refractivity contribution is 7.09. The largest absolute Gasteiger partial charge is 0.325 e. The highest BCUT2D eigenvalue weighted by atomic mass is 32.1. The van der Waals surface area contributed by atoms with Crippen molar-refractivity contribution >= 4 is 11.3 Å². The van der Waals surface area contributed by atoms with Gasteiger partial charge in [-0.05, 0) is 0 Å². The molecule has 80 valence electrons. The number of hydrogen-bond donors (Lipinski definition) is 1. The van der Waals surface area contributed by atoms with E-state index in [1.54, 1.807) is 16.0 Å². The van der Waals surface area contributed by atoms with Gasteiger partial charge in [0.05, 0.1) is 0 Å².